The Morgan fingerprint density at radius 1 is 0.708 bits per heavy atom. The summed E-state index contributed by atoms with van der Waals surface area (Å²) in [5.41, 5.74) is 0. The molecular weight excluding hydrogens is 446 g/mol. The van der Waals surface area contributed by atoms with Crippen molar-refractivity contribution in [2.75, 3.05) is 0 Å². The van der Waals surface area contributed by atoms with Crippen molar-refractivity contribution in [1.29, 1.82) is 0 Å². The fraction of sp³-hybridized carbons (Fsp3) is 0.647. The first-order valence-electron chi connectivity index (χ1n) is 8.14. The molecule has 0 aromatic heterocycles. The van der Waals surface area contributed by atoms with Crippen LogP contribution in [0.1, 0.15) is 51.4 Å². The van der Waals surface area contributed by atoms with E-state index in [1.165, 1.54) is 23.6 Å². The Labute approximate surface area is 178 Å². The Morgan fingerprint density at radius 2 is 1.25 bits per heavy atom. The van der Waals surface area contributed by atoms with Crippen molar-refractivity contribution >= 4 is 79.6 Å². The minimum absolute atomic E-state index is 0.536. The van der Waals surface area contributed by atoms with E-state index < -0.39 is 12.9 Å². The summed E-state index contributed by atoms with van der Waals surface area (Å²) in [6.07, 6.45) is 7.63. The van der Waals surface area contributed by atoms with Gasteiger partial charge < -0.3 is 0 Å². The van der Waals surface area contributed by atoms with E-state index in [9.17, 15) is 0 Å². The van der Waals surface area contributed by atoms with Crippen LogP contribution in [0.15, 0.2) is 35.2 Å². The monoisotopic (exact) mass is 464 g/mol. The third kappa shape index (κ3) is 5.44. The number of hydrogen-bond donors (Lipinski definition) is 0. The topological polar surface area (TPSA) is 0 Å². The Balaban J connectivity index is 2.21. The highest BCUT2D eigenvalue weighted by atomic mass is 35.5. The number of rotatable bonds is 3. The second kappa shape index (κ2) is 9.53. The zero-order valence-corrected chi connectivity index (χ0v) is 18.7. The second-order valence-corrected chi connectivity index (χ2v) is 12.3. The van der Waals surface area contributed by atoms with Gasteiger partial charge in [-0.3, -0.25) is 0 Å². The summed E-state index contributed by atoms with van der Waals surface area (Å²) >= 11 is 33.6. The molecular formula is C17H21Cl5S2. The molecule has 1 unspecified atom stereocenters. The van der Waals surface area contributed by atoms with Crippen molar-refractivity contribution < 1.29 is 0 Å². The molecule has 0 amide bonds. The highest BCUT2D eigenvalue weighted by Crippen LogP contribution is 2.63. The number of hydrogen-bond acceptors (Lipinski definition) is 2. The van der Waals surface area contributed by atoms with Gasteiger partial charge in [0.05, 0.1) is 0 Å². The van der Waals surface area contributed by atoms with Crippen molar-refractivity contribution in [3.05, 3.63) is 30.3 Å². The summed E-state index contributed by atoms with van der Waals surface area (Å²) in [4.78, 5) is 1.09. The molecule has 1 aromatic rings. The van der Waals surface area contributed by atoms with Gasteiger partial charge in [0.25, 0.3) is 0 Å². The molecule has 0 heterocycles. The normalized spacial score (nSPS) is 28.0. The van der Waals surface area contributed by atoms with Gasteiger partial charge in [-0.1, -0.05) is 125 Å². The van der Waals surface area contributed by atoms with Gasteiger partial charge in [0.1, 0.15) is 4.21 Å². The van der Waals surface area contributed by atoms with Crippen molar-refractivity contribution in [3.63, 3.8) is 0 Å². The van der Waals surface area contributed by atoms with Gasteiger partial charge in [0, 0.05) is 4.90 Å². The molecule has 1 fully saturated rings. The van der Waals surface area contributed by atoms with Crippen LogP contribution in [-0.4, -0.2) is 12.9 Å². The fourth-order valence-electron chi connectivity index (χ4n) is 2.68. The molecule has 0 spiro atoms. The predicted molar refractivity (Wildman–Crippen MR) is 114 cm³/mol. The Morgan fingerprint density at radius 3 is 1.88 bits per heavy atom. The average Bonchev–Trinajstić information content (AvgIpc) is 2.56. The van der Waals surface area contributed by atoms with E-state index in [1.807, 2.05) is 30.3 Å². The molecule has 1 aliphatic carbocycles. The number of halogens is 5. The van der Waals surface area contributed by atoms with Crippen LogP contribution in [-0.2, 0) is 0 Å². The molecule has 1 atom stereocenters. The first-order valence-corrected chi connectivity index (χ1v) is 12.2. The Hall–Kier alpha value is 1.37. The molecule has 7 heteroatoms. The molecule has 136 valence electrons. The highest BCUT2D eigenvalue weighted by Gasteiger charge is 2.60. The summed E-state index contributed by atoms with van der Waals surface area (Å²) in [7, 11) is 3.02. The average molecular weight is 467 g/mol. The molecule has 0 aliphatic heterocycles. The van der Waals surface area contributed by atoms with Crippen molar-refractivity contribution in [3.8, 4) is 0 Å². The van der Waals surface area contributed by atoms with Crippen LogP contribution in [0.2, 0.25) is 0 Å². The van der Waals surface area contributed by atoms with Gasteiger partial charge in [-0.2, -0.15) is 0 Å². The predicted octanol–water partition coefficient (Wildman–Crippen LogP) is 8.84. The van der Waals surface area contributed by atoms with Crippen LogP contribution in [0.4, 0.5) is 0 Å². The Bertz CT molecular complexity index is 509. The maximum absolute atomic E-state index is 6.97. The van der Waals surface area contributed by atoms with Gasteiger partial charge in [-0.15, -0.1) is 11.6 Å². The molecule has 0 bridgehead atoms. The summed E-state index contributed by atoms with van der Waals surface area (Å²) in [5.74, 6) is 0. The van der Waals surface area contributed by atoms with E-state index in [1.54, 1.807) is 10.8 Å². The van der Waals surface area contributed by atoms with E-state index >= 15 is 0 Å². The molecule has 1 saturated carbocycles. The lowest BCUT2D eigenvalue weighted by molar-refractivity contribution is 0.511. The number of alkyl halides is 5. The van der Waals surface area contributed by atoms with Crippen molar-refractivity contribution in [2.24, 2.45) is 0 Å². The van der Waals surface area contributed by atoms with E-state index in [0.29, 0.717) is 12.8 Å². The molecule has 0 N–H and O–H groups in total. The van der Waals surface area contributed by atoms with Crippen LogP contribution in [0.3, 0.4) is 0 Å². The quantitative estimate of drug-likeness (QED) is 0.322. The maximum Gasteiger partial charge on any atom is 0.179 e. The molecule has 2 rings (SSSR count). The molecule has 24 heavy (non-hydrogen) atoms. The maximum atomic E-state index is 6.97. The SMILES string of the molecule is ClC1(Cl)CCCCCCCCC(Cl)(SSc2ccccc2)C1(Cl)Cl. The van der Waals surface area contributed by atoms with Crippen LogP contribution < -0.4 is 0 Å². The summed E-state index contributed by atoms with van der Waals surface area (Å²) in [6.45, 7) is 0. The second-order valence-electron chi connectivity index (χ2n) is 6.11. The molecule has 0 saturated heterocycles. The third-order valence-electron chi connectivity index (χ3n) is 4.18. The van der Waals surface area contributed by atoms with Crippen LogP contribution >= 0.6 is 79.6 Å². The lowest BCUT2D eigenvalue weighted by Gasteiger charge is -2.44. The summed E-state index contributed by atoms with van der Waals surface area (Å²) < 4.78 is -3.71. The van der Waals surface area contributed by atoms with Gasteiger partial charge >= 0.3 is 0 Å². The molecule has 1 aromatic carbocycles. The van der Waals surface area contributed by atoms with Crippen LogP contribution in [0.25, 0.3) is 0 Å². The van der Waals surface area contributed by atoms with E-state index in [4.69, 9.17) is 58.0 Å². The largest absolute Gasteiger partial charge is 0.179 e. The van der Waals surface area contributed by atoms with E-state index in [0.717, 1.165) is 30.6 Å². The smallest absolute Gasteiger partial charge is 0.103 e. The lowest BCUT2D eigenvalue weighted by atomic mass is 10.0. The molecule has 1 aliphatic rings. The van der Waals surface area contributed by atoms with Crippen LogP contribution in [0.5, 0.6) is 0 Å². The fourth-order valence-corrected chi connectivity index (χ4v) is 7.59. The van der Waals surface area contributed by atoms with E-state index in [-0.39, 0.29) is 0 Å². The third-order valence-corrected chi connectivity index (χ3v) is 11.2. The zero-order valence-electron chi connectivity index (χ0n) is 13.2. The molecule has 0 nitrogen and oxygen atoms in total. The zero-order chi connectivity index (χ0) is 17.7. The highest BCUT2D eigenvalue weighted by molar-refractivity contribution is 8.77. The van der Waals surface area contributed by atoms with Crippen molar-refractivity contribution in [1.82, 2.24) is 0 Å². The van der Waals surface area contributed by atoms with Gasteiger partial charge in [0.2, 0.25) is 0 Å². The van der Waals surface area contributed by atoms with Gasteiger partial charge in [0.15, 0.2) is 8.67 Å². The van der Waals surface area contributed by atoms with Crippen molar-refractivity contribution in [2.45, 2.75) is 69.1 Å². The number of benzene rings is 1. The minimum atomic E-state index is -1.46. The first-order chi connectivity index (χ1) is 11.3. The van der Waals surface area contributed by atoms with Gasteiger partial charge in [-0.05, 0) is 25.0 Å². The lowest BCUT2D eigenvalue weighted by Crippen LogP contribution is -2.50. The summed E-state index contributed by atoms with van der Waals surface area (Å²) in [5, 5.41) is 0. The first kappa shape index (κ1) is 21.7. The minimum Gasteiger partial charge on any atom is -0.103 e. The van der Waals surface area contributed by atoms with E-state index in [2.05, 4.69) is 0 Å². The molecule has 0 radical (unpaired) electrons. The Kier molecular flexibility index (Phi) is 8.60. The standard InChI is InChI=1S/C17H21Cl5S2/c18-15(19)12-8-3-1-2-4-9-13-16(20,17(15,21)22)24-23-14-10-6-5-7-11-14/h5-7,10-11H,1-4,8-9,12-13H2. The van der Waals surface area contributed by atoms with Crippen LogP contribution in [0, 0.1) is 0 Å². The summed E-state index contributed by atoms with van der Waals surface area (Å²) in [6, 6.07) is 10.0. The van der Waals surface area contributed by atoms with Gasteiger partial charge in [-0.25, -0.2) is 0 Å².